The highest BCUT2D eigenvalue weighted by Crippen LogP contribution is 2.32. The summed E-state index contributed by atoms with van der Waals surface area (Å²) in [5.74, 6) is -0.762. The van der Waals surface area contributed by atoms with E-state index in [0.29, 0.717) is 24.2 Å². The van der Waals surface area contributed by atoms with Gasteiger partial charge in [0.2, 0.25) is 10.0 Å². The van der Waals surface area contributed by atoms with Gasteiger partial charge in [-0.2, -0.15) is 0 Å². The van der Waals surface area contributed by atoms with Gasteiger partial charge < -0.3 is 0 Å². The van der Waals surface area contributed by atoms with E-state index in [9.17, 15) is 13.2 Å². The quantitative estimate of drug-likeness (QED) is 0.840. The lowest BCUT2D eigenvalue weighted by Gasteiger charge is -2.29. The first-order chi connectivity index (χ1) is 7.95. The van der Waals surface area contributed by atoms with Gasteiger partial charge in [-0.05, 0) is 24.6 Å². The van der Waals surface area contributed by atoms with E-state index >= 15 is 0 Å². The SMILES string of the molecule is CCCN1c2cc(Br)ccc2C(=O)CS1(=O)=O. The van der Waals surface area contributed by atoms with Crippen molar-refractivity contribution in [2.75, 3.05) is 16.6 Å². The number of Topliss-reactive ketones (excluding diaryl/α,β-unsaturated/α-hetero) is 1. The first-order valence-electron chi connectivity index (χ1n) is 5.29. The number of carbonyl (C=O) groups is 1. The summed E-state index contributed by atoms with van der Waals surface area (Å²) in [6.45, 7) is 2.31. The minimum atomic E-state index is -3.50. The summed E-state index contributed by atoms with van der Waals surface area (Å²) in [5, 5.41) is 0. The Morgan fingerprint density at radius 3 is 2.76 bits per heavy atom. The monoisotopic (exact) mass is 317 g/mol. The van der Waals surface area contributed by atoms with Crippen LogP contribution in [0.1, 0.15) is 23.7 Å². The first kappa shape index (κ1) is 12.6. The fourth-order valence-electron chi connectivity index (χ4n) is 1.88. The normalized spacial score (nSPS) is 18.0. The molecule has 1 aromatic carbocycles. The number of hydrogen-bond donors (Lipinski definition) is 0. The highest BCUT2D eigenvalue weighted by molar-refractivity contribution is 9.10. The second kappa shape index (κ2) is 4.42. The predicted molar refractivity (Wildman–Crippen MR) is 69.9 cm³/mol. The van der Waals surface area contributed by atoms with E-state index in [0.717, 1.165) is 4.47 Å². The molecule has 0 aromatic heterocycles. The lowest BCUT2D eigenvalue weighted by molar-refractivity contribution is 0.102. The van der Waals surface area contributed by atoms with Crippen LogP contribution < -0.4 is 4.31 Å². The maximum absolute atomic E-state index is 11.9. The second-order valence-electron chi connectivity index (χ2n) is 3.91. The number of carbonyl (C=O) groups excluding carboxylic acids is 1. The number of rotatable bonds is 2. The number of benzene rings is 1. The molecular weight excluding hydrogens is 306 g/mol. The van der Waals surface area contributed by atoms with E-state index < -0.39 is 15.8 Å². The average Bonchev–Trinajstić information content (AvgIpc) is 2.23. The van der Waals surface area contributed by atoms with Crippen LogP contribution in [-0.4, -0.2) is 26.5 Å². The van der Waals surface area contributed by atoms with E-state index in [1.54, 1.807) is 18.2 Å². The van der Waals surface area contributed by atoms with Crippen LogP contribution in [0.15, 0.2) is 22.7 Å². The van der Waals surface area contributed by atoms with Crippen molar-refractivity contribution in [1.29, 1.82) is 0 Å². The molecule has 4 nitrogen and oxygen atoms in total. The number of hydrogen-bond acceptors (Lipinski definition) is 3. The molecule has 0 atom stereocenters. The van der Waals surface area contributed by atoms with E-state index in [1.165, 1.54) is 4.31 Å². The molecule has 0 aliphatic carbocycles. The van der Waals surface area contributed by atoms with Crippen LogP contribution in [0.5, 0.6) is 0 Å². The average molecular weight is 318 g/mol. The third-order valence-corrected chi connectivity index (χ3v) is 4.78. The Bertz CT molecular complexity index is 568. The zero-order valence-corrected chi connectivity index (χ0v) is 11.7. The molecular formula is C11H12BrNO3S. The van der Waals surface area contributed by atoms with Crippen molar-refractivity contribution in [3.63, 3.8) is 0 Å². The molecule has 1 aliphatic rings. The molecule has 0 saturated heterocycles. The van der Waals surface area contributed by atoms with Gasteiger partial charge in [-0.3, -0.25) is 9.10 Å². The number of sulfonamides is 1. The van der Waals surface area contributed by atoms with Gasteiger partial charge in [-0.25, -0.2) is 8.42 Å². The number of nitrogens with zero attached hydrogens (tertiary/aromatic N) is 1. The lowest BCUT2D eigenvalue weighted by Crippen LogP contribution is -2.41. The molecule has 0 spiro atoms. The Kier molecular flexibility index (Phi) is 3.27. The Morgan fingerprint density at radius 2 is 2.12 bits per heavy atom. The smallest absolute Gasteiger partial charge is 0.242 e. The zero-order chi connectivity index (χ0) is 12.6. The Morgan fingerprint density at radius 1 is 1.41 bits per heavy atom. The van der Waals surface area contributed by atoms with Crippen molar-refractivity contribution in [2.45, 2.75) is 13.3 Å². The fourth-order valence-corrected chi connectivity index (χ4v) is 3.78. The summed E-state index contributed by atoms with van der Waals surface area (Å²) in [6.07, 6.45) is 0.708. The molecule has 0 bridgehead atoms. The van der Waals surface area contributed by atoms with E-state index in [2.05, 4.69) is 15.9 Å². The molecule has 92 valence electrons. The molecule has 0 unspecified atom stereocenters. The van der Waals surface area contributed by atoms with Crippen LogP contribution in [0.2, 0.25) is 0 Å². The van der Waals surface area contributed by atoms with Gasteiger partial charge in [0.15, 0.2) is 5.78 Å². The summed E-state index contributed by atoms with van der Waals surface area (Å²) in [5.41, 5.74) is 0.967. The van der Waals surface area contributed by atoms with Crippen LogP contribution in [0.3, 0.4) is 0 Å². The van der Waals surface area contributed by atoms with Crippen LogP contribution in [-0.2, 0) is 10.0 Å². The maximum Gasteiger partial charge on any atom is 0.242 e. The van der Waals surface area contributed by atoms with Crippen molar-refractivity contribution in [3.8, 4) is 0 Å². The number of halogens is 1. The molecule has 0 N–H and O–H groups in total. The Hall–Kier alpha value is -0.880. The summed E-state index contributed by atoms with van der Waals surface area (Å²) < 4.78 is 26.0. The largest absolute Gasteiger partial charge is 0.293 e. The first-order valence-corrected chi connectivity index (χ1v) is 7.69. The van der Waals surface area contributed by atoms with Gasteiger partial charge in [-0.1, -0.05) is 22.9 Å². The number of fused-ring (bicyclic) bond motifs is 1. The zero-order valence-electron chi connectivity index (χ0n) is 9.31. The highest BCUT2D eigenvalue weighted by Gasteiger charge is 2.34. The number of anilines is 1. The molecule has 6 heteroatoms. The van der Waals surface area contributed by atoms with Gasteiger partial charge in [0.25, 0.3) is 0 Å². The molecule has 0 radical (unpaired) electrons. The van der Waals surface area contributed by atoms with Crippen LogP contribution in [0.4, 0.5) is 5.69 Å². The highest BCUT2D eigenvalue weighted by atomic mass is 79.9. The van der Waals surface area contributed by atoms with E-state index in [1.807, 2.05) is 6.92 Å². The van der Waals surface area contributed by atoms with Crippen molar-refractivity contribution in [3.05, 3.63) is 28.2 Å². The minimum absolute atomic E-state index is 0.333. The van der Waals surface area contributed by atoms with Crippen molar-refractivity contribution >= 4 is 37.4 Å². The summed E-state index contributed by atoms with van der Waals surface area (Å²) >= 11 is 3.29. The van der Waals surface area contributed by atoms with Gasteiger partial charge in [-0.15, -0.1) is 0 Å². The molecule has 0 fully saturated rings. The van der Waals surface area contributed by atoms with Crippen molar-refractivity contribution in [2.24, 2.45) is 0 Å². The summed E-state index contributed by atoms with van der Waals surface area (Å²) in [4.78, 5) is 11.7. The van der Waals surface area contributed by atoms with Gasteiger partial charge in [0.05, 0.1) is 5.69 Å². The molecule has 0 saturated carbocycles. The van der Waals surface area contributed by atoms with Gasteiger partial charge in [0, 0.05) is 16.6 Å². The van der Waals surface area contributed by atoms with E-state index in [4.69, 9.17) is 0 Å². The molecule has 17 heavy (non-hydrogen) atoms. The fraction of sp³-hybridized carbons (Fsp3) is 0.364. The van der Waals surface area contributed by atoms with Crippen molar-refractivity contribution < 1.29 is 13.2 Å². The third kappa shape index (κ3) is 2.24. The Balaban J connectivity index is 2.63. The standard InChI is InChI=1S/C11H12BrNO3S/c1-2-5-13-10-6-8(12)3-4-9(10)11(14)7-17(13,15)16/h3-4,6H,2,5,7H2,1H3. The van der Waals surface area contributed by atoms with Gasteiger partial charge in [0.1, 0.15) is 5.75 Å². The molecule has 0 amide bonds. The van der Waals surface area contributed by atoms with Gasteiger partial charge >= 0.3 is 0 Å². The molecule has 2 rings (SSSR count). The van der Waals surface area contributed by atoms with Crippen molar-refractivity contribution in [1.82, 2.24) is 0 Å². The van der Waals surface area contributed by atoms with E-state index in [-0.39, 0.29) is 5.78 Å². The minimum Gasteiger partial charge on any atom is -0.293 e. The molecule has 1 aliphatic heterocycles. The van der Waals surface area contributed by atoms with Crippen LogP contribution >= 0.6 is 15.9 Å². The van der Waals surface area contributed by atoms with Crippen LogP contribution in [0.25, 0.3) is 0 Å². The molecule has 1 aromatic rings. The third-order valence-electron chi connectivity index (χ3n) is 2.60. The number of ketones is 1. The van der Waals surface area contributed by atoms with Crippen LogP contribution in [0, 0.1) is 0 Å². The maximum atomic E-state index is 11.9. The summed E-state index contributed by atoms with van der Waals surface area (Å²) in [6, 6.07) is 5.09. The topological polar surface area (TPSA) is 54.5 Å². The molecule has 1 heterocycles. The predicted octanol–water partition coefficient (Wildman–Crippen LogP) is 2.19. The Labute approximate surface area is 109 Å². The summed E-state index contributed by atoms with van der Waals surface area (Å²) in [7, 11) is -3.50. The second-order valence-corrected chi connectivity index (χ2v) is 6.72. The lowest BCUT2D eigenvalue weighted by atomic mass is 10.1.